The number of benzene rings is 2. The highest BCUT2D eigenvalue weighted by Gasteiger charge is 2.23. The Hall–Kier alpha value is -2.38. The summed E-state index contributed by atoms with van der Waals surface area (Å²) in [4.78, 5) is 11.8. The zero-order valence-electron chi connectivity index (χ0n) is 15.3. The maximum atomic E-state index is 12.7. The van der Waals surface area contributed by atoms with Crippen molar-refractivity contribution in [1.29, 1.82) is 0 Å². The SMILES string of the molecule is COc1ccc(S(=O)(=O)CC(CCCc2ccccc2)CC(=O)NO)cc1. The fourth-order valence-corrected chi connectivity index (χ4v) is 4.63. The summed E-state index contributed by atoms with van der Waals surface area (Å²) in [5, 5.41) is 8.80. The van der Waals surface area contributed by atoms with E-state index in [4.69, 9.17) is 9.94 Å². The summed E-state index contributed by atoms with van der Waals surface area (Å²) >= 11 is 0. The van der Waals surface area contributed by atoms with E-state index in [1.807, 2.05) is 30.3 Å². The number of sulfone groups is 1. The van der Waals surface area contributed by atoms with Crippen molar-refractivity contribution in [3.8, 4) is 5.75 Å². The first-order valence-electron chi connectivity index (χ1n) is 8.78. The van der Waals surface area contributed by atoms with Gasteiger partial charge in [0.25, 0.3) is 0 Å². The molecule has 2 aromatic rings. The third-order valence-electron chi connectivity index (χ3n) is 4.39. The molecule has 0 heterocycles. The molecule has 6 nitrogen and oxygen atoms in total. The van der Waals surface area contributed by atoms with Gasteiger partial charge in [-0.2, -0.15) is 0 Å². The van der Waals surface area contributed by atoms with E-state index >= 15 is 0 Å². The second-order valence-corrected chi connectivity index (χ2v) is 8.47. The van der Waals surface area contributed by atoms with Gasteiger partial charge in [-0.1, -0.05) is 30.3 Å². The molecule has 0 aliphatic rings. The molecule has 1 atom stereocenters. The van der Waals surface area contributed by atoms with E-state index in [0.717, 1.165) is 12.8 Å². The van der Waals surface area contributed by atoms with E-state index in [2.05, 4.69) is 0 Å². The van der Waals surface area contributed by atoms with Gasteiger partial charge in [0.05, 0.1) is 17.8 Å². The second kappa shape index (κ2) is 10.1. The molecule has 27 heavy (non-hydrogen) atoms. The van der Waals surface area contributed by atoms with E-state index in [9.17, 15) is 13.2 Å². The number of carbonyl (C=O) groups excluding carboxylic acids is 1. The number of hydrogen-bond donors (Lipinski definition) is 2. The van der Waals surface area contributed by atoms with E-state index in [1.165, 1.54) is 24.8 Å². The van der Waals surface area contributed by atoms with Crippen molar-refractivity contribution in [2.24, 2.45) is 5.92 Å². The number of nitrogens with one attached hydrogen (secondary N) is 1. The summed E-state index contributed by atoms with van der Waals surface area (Å²) in [5.74, 6) is -0.535. The van der Waals surface area contributed by atoms with Crippen LogP contribution in [0.1, 0.15) is 24.8 Å². The number of carbonyl (C=O) groups is 1. The van der Waals surface area contributed by atoms with E-state index in [0.29, 0.717) is 12.2 Å². The molecule has 0 aromatic heterocycles. The van der Waals surface area contributed by atoms with Gasteiger partial charge in [0.1, 0.15) is 5.75 Å². The van der Waals surface area contributed by atoms with Gasteiger partial charge in [0.2, 0.25) is 5.91 Å². The first-order chi connectivity index (χ1) is 12.9. The van der Waals surface area contributed by atoms with Crippen LogP contribution in [0.25, 0.3) is 0 Å². The first kappa shape index (κ1) is 20.9. The molecular weight excluding hydrogens is 366 g/mol. The molecule has 1 unspecified atom stereocenters. The molecule has 0 aliphatic heterocycles. The van der Waals surface area contributed by atoms with Crippen LogP contribution in [0.4, 0.5) is 0 Å². The highest BCUT2D eigenvalue weighted by atomic mass is 32.2. The average molecular weight is 391 g/mol. The minimum Gasteiger partial charge on any atom is -0.497 e. The maximum Gasteiger partial charge on any atom is 0.243 e. The number of hydroxylamine groups is 1. The Morgan fingerprint density at radius 2 is 1.78 bits per heavy atom. The van der Waals surface area contributed by atoms with Gasteiger partial charge >= 0.3 is 0 Å². The Kier molecular flexibility index (Phi) is 7.82. The highest BCUT2D eigenvalue weighted by Crippen LogP contribution is 2.22. The molecule has 7 heteroatoms. The summed E-state index contributed by atoms with van der Waals surface area (Å²) in [6.07, 6.45) is 2.09. The number of ether oxygens (including phenoxy) is 1. The Morgan fingerprint density at radius 1 is 1.11 bits per heavy atom. The van der Waals surface area contributed by atoms with Gasteiger partial charge in [-0.25, -0.2) is 13.9 Å². The fraction of sp³-hybridized carbons (Fsp3) is 0.350. The lowest BCUT2D eigenvalue weighted by Gasteiger charge is -2.16. The second-order valence-electron chi connectivity index (χ2n) is 6.44. The molecule has 0 aliphatic carbocycles. The predicted octanol–water partition coefficient (Wildman–Crippen LogP) is 3.00. The zero-order chi connectivity index (χ0) is 19.7. The van der Waals surface area contributed by atoms with Crippen LogP contribution in [0.3, 0.4) is 0 Å². The van der Waals surface area contributed by atoms with Gasteiger partial charge in [-0.05, 0) is 55.0 Å². The van der Waals surface area contributed by atoms with E-state index in [1.54, 1.807) is 17.6 Å². The smallest absolute Gasteiger partial charge is 0.243 e. The maximum absolute atomic E-state index is 12.7. The van der Waals surface area contributed by atoms with Crippen LogP contribution < -0.4 is 10.2 Å². The van der Waals surface area contributed by atoms with E-state index < -0.39 is 15.7 Å². The third kappa shape index (κ3) is 6.69. The van der Waals surface area contributed by atoms with Crippen molar-refractivity contribution in [2.75, 3.05) is 12.9 Å². The van der Waals surface area contributed by atoms with Crippen LogP contribution in [0.5, 0.6) is 5.75 Å². The summed E-state index contributed by atoms with van der Waals surface area (Å²) in [6.45, 7) is 0. The largest absolute Gasteiger partial charge is 0.497 e. The first-order valence-corrected chi connectivity index (χ1v) is 10.4. The lowest BCUT2D eigenvalue weighted by Crippen LogP contribution is -2.26. The Labute approximate surface area is 160 Å². The molecular formula is C20H25NO5S. The van der Waals surface area contributed by atoms with Crippen molar-refractivity contribution < 1.29 is 23.2 Å². The normalized spacial score (nSPS) is 12.4. The van der Waals surface area contributed by atoms with E-state index in [-0.39, 0.29) is 23.0 Å². The summed E-state index contributed by atoms with van der Waals surface area (Å²) in [5.41, 5.74) is 2.76. The molecule has 0 saturated heterocycles. The van der Waals surface area contributed by atoms with Gasteiger partial charge in [0.15, 0.2) is 9.84 Å². The zero-order valence-corrected chi connectivity index (χ0v) is 16.1. The Morgan fingerprint density at radius 3 is 2.37 bits per heavy atom. The highest BCUT2D eigenvalue weighted by molar-refractivity contribution is 7.91. The summed E-state index contributed by atoms with van der Waals surface area (Å²) < 4.78 is 30.5. The molecule has 0 bridgehead atoms. The standard InChI is InChI=1S/C20H25NO5S/c1-26-18-10-12-19(13-11-18)27(24,25)15-17(14-20(22)21-23)9-5-8-16-6-3-2-4-7-16/h2-4,6-7,10-13,17,23H,5,8-9,14-15H2,1H3,(H,21,22). The monoisotopic (exact) mass is 391 g/mol. The molecule has 0 spiro atoms. The van der Waals surface area contributed by atoms with Gasteiger partial charge in [-0.3, -0.25) is 10.0 Å². The lowest BCUT2D eigenvalue weighted by atomic mass is 9.98. The van der Waals surface area contributed by atoms with Crippen LogP contribution in [-0.4, -0.2) is 32.4 Å². The number of hydrogen-bond acceptors (Lipinski definition) is 5. The van der Waals surface area contributed by atoms with Crippen molar-refractivity contribution in [2.45, 2.75) is 30.6 Å². The molecule has 1 amide bonds. The van der Waals surface area contributed by atoms with Crippen LogP contribution in [0, 0.1) is 5.92 Å². The van der Waals surface area contributed by atoms with Gasteiger partial charge in [-0.15, -0.1) is 0 Å². The van der Waals surface area contributed by atoms with Crippen molar-refractivity contribution in [3.05, 3.63) is 60.2 Å². The molecule has 0 fully saturated rings. The van der Waals surface area contributed by atoms with Gasteiger partial charge < -0.3 is 4.74 Å². The van der Waals surface area contributed by atoms with Gasteiger partial charge in [0, 0.05) is 6.42 Å². The number of methoxy groups -OCH3 is 1. The number of amides is 1. The van der Waals surface area contributed by atoms with Crippen molar-refractivity contribution >= 4 is 15.7 Å². The summed E-state index contributed by atoms with van der Waals surface area (Å²) in [7, 11) is -2.04. The number of rotatable bonds is 10. The van der Waals surface area contributed by atoms with Crippen LogP contribution >= 0.6 is 0 Å². The molecule has 0 saturated carbocycles. The van der Waals surface area contributed by atoms with Crippen LogP contribution in [0.2, 0.25) is 0 Å². The molecule has 2 aromatic carbocycles. The molecule has 146 valence electrons. The van der Waals surface area contributed by atoms with Crippen LogP contribution in [-0.2, 0) is 21.1 Å². The Bertz CT molecular complexity index is 819. The molecule has 0 radical (unpaired) electrons. The number of aryl methyl sites for hydroxylation is 1. The van der Waals surface area contributed by atoms with Crippen LogP contribution in [0.15, 0.2) is 59.5 Å². The average Bonchev–Trinajstić information content (AvgIpc) is 2.68. The summed E-state index contributed by atoms with van der Waals surface area (Å²) in [6, 6.07) is 16.1. The topological polar surface area (TPSA) is 92.7 Å². The quantitative estimate of drug-likeness (QED) is 0.480. The lowest BCUT2D eigenvalue weighted by molar-refractivity contribution is -0.130. The fourth-order valence-electron chi connectivity index (χ4n) is 2.98. The Balaban J connectivity index is 2.04. The molecule has 2 N–H and O–H groups in total. The van der Waals surface area contributed by atoms with Crippen molar-refractivity contribution in [3.63, 3.8) is 0 Å². The molecule has 2 rings (SSSR count). The minimum atomic E-state index is -3.55. The minimum absolute atomic E-state index is 0.0410. The third-order valence-corrected chi connectivity index (χ3v) is 6.29. The van der Waals surface area contributed by atoms with Crippen molar-refractivity contribution in [1.82, 2.24) is 5.48 Å². The predicted molar refractivity (Wildman–Crippen MR) is 102 cm³/mol.